The number of fused-ring (bicyclic) bond motifs is 1. The highest BCUT2D eigenvalue weighted by molar-refractivity contribution is 7.33. The number of hydrogen-bond acceptors (Lipinski definition) is 10. The van der Waals surface area contributed by atoms with Crippen LogP contribution in [0.5, 0.6) is 0 Å². The summed E-state index contributed by atoms with van der Waals surface area (Å²) in [6.07, 6.45) is 3.68. The summed E-state index contributed by atoms with van der Waals surface area (Å²) in [5.41, 5.74) is 0. The van der Waals surface area contributed by atoms with Crippen LogP contribution in [0.2, 0.25) is 0 Å². The Labute approximate surface area is 183 Å². The van der Waals surface area contributed by atoms with Gasteiger partial charge in [-0.2, -0.15) is 0 Å². The van der Waals surface area contributed by atoms with Gasteiger partial charge in [0.05, 0.1) is 19.5 Å². The van der Waals surface area contributed by atoms with Crippen LogP contribution in [-0.2, 0) is 0 Å². The lowest BCUT2D eigenvalue weighted by Crippen LogP contribution is -1.68. The number of thiazole rings is 4. The predicted molar refractivity (Wildman–Crippen MR) is 124 cm³/mol. The fourth-order valence-electron chi connectivity index (χ4n) is 2.68. The van der Waals surface area contributed by atoms with Crippen molar-refractivity contribution in [3.63, 3.8) is 0 Å². The van der Waals surface area contributed by atoms with E-state index in [4.69, 9.17) is 9.97 Å². The second-order valence-electron chi connectivity index (χ2n) is 5.65. The molecule has 6 rings (SSSR count). The molecule has 0 spiro atoms. The third-order valence-corrected chi connectivity index (χ3v) is 10.3. The quantitative estimate of drug-likeness (QED) is 0.267. The second kappa shape index (κ2) is 6.90. The van der Waals surface area contributed by atoms with Crippen molar-refractivity contribution in [2.75, 3.05) is 0 Å². The van der Waals surface area contributed by atoms with Gasteiger partial charge in [-0.25, -0.2) is 19.9 Å². The molecule has 0 amide bonds. The zero-order chi connectivity index (χ0) is 18.5. The van der Waals surface area contributed by atoms with E-state index < -0.39 is 0 Å². The first-order valence-electron chi connectivity index (χ1n) is 8.11. The molecule has 0 aromatic carbocycles. The van der Waals surface area contributed by atoms with Crippen molar-refractivity contribution in [3.8, 4) is 39.5 Å². The molecule has 6 heterocycles. The molecule has 0 bridgehead atoms. The second-order valence-corrected chi connectivity index (χ2v) is 11.6. The van der Waals surface area contributed by atoms with Crippen molar-refractivity contribution in [3.05, 3.63) is 47.4 Å². The van der Waals surface area contributed by atoms with Crippen molar-refractivity contribution in [2.24, 2.45) is 0 Å². The molecule has 0 unspecified atom stereocenters. The minimum absolute atomic E-state index is 1.00. The normalized spacial score (nSPS) is 11.6. The summed E-state index contributed by atoms with van der Waals surface area (Å²) < 4.78 is 0. The minimum atomic E-state index is 1.00. The van der Waals surface area contributed by atoms with E-state index in [1.807, 2.05) is 23.2 Å². The van der Waals surface area contributed by atoms with Gasteiger partial charge in [-0.1, -0.05) is 22.7 Å². The molecule has 0 saturated heterocycles. The van der Waals surface area contributed by atoms with Crippen molar-refractivity contribution >= 4 is 77.7 Å². The van der Waals surface area contributed by atoms with Crippen LogP contribution in [0, 0.1) is 0 Å². The Kier molecular flexibility index (Phi) is 4.21. The molecule has 0 saturated carbocycles. The third-order valence-electron chi connectivity index (χ3n) is 3.90. The lowest BCUT2D eigenvalue weighted by atomic mass is 10.4. The number of rotatable bonds is 4. The smallest absolute Gasteiger partial charge is 0.155 e. The minimum Gasteiger partial charge on any atom is -0.244 e. The van der Waals surface area contributed by atoms with Gasteiger partial charge in [0.15, 0.2) is 9.66 Å². The van der Waals surface area contributed by atoms with E-state index in [1.165, 1.54) is 19.5 Å². The van der Waals surface area contributed by atoms with Crippen LogP contribution < -0.4 is 0 Å². The summed E-state index contributed by atoms with van der Waals surface area (Å²) in [5, 5.41) is 8.19. The predicted octanol–water partition coefficient (Wildman–Crippen LogP) is 7.46. The summed E-state index contributed by atoms with van der Waals surface area (Å²) in [4.78, 5) is 25.2. The molecular formula is C18H8N4S6. The highest BCUT2D eigenvalue weighted by atomic mass is 32.1. The maximum atomic E-state index is 4.84. The van der Waals surface area contributed by atoms with E-state index in [0.717, 1.165) is 29.7 Å². The molecule has 0 fully saturated rings. The molecule has 0 aliphatic rings. The van der Waals surface area contributed by atoms with Gasteiger partial charge in [-0.3, -0.25) is 0 Å². The summed E-state index contributed by atoms with van der Waals surface area (Å²) in [7, 11) is 0. The van der Waals surface area contributed by atoms with Gasteiger partial charge in [0.2, 0.25) is 0 Å². The zero-order valence-corrected chi connectivity index (χ0v) is 18.8. The standard InChI is InChI=1S/C18H8N4S6/c1-3-11(25-9(1)13-19-5-7-23-13)15-21-17-18(27-15)22-16(28-17)12-4-2-10(26-12)14-20-6-8-24-14/h1-8H. The first-order valence-corrected chi connectivity index (χ1v) is 13.1. The van der Waals surface area contributed by atoms with Crippen LogP contribution in [0.1, 0.15) is 0 Å². The van der Waals surface area contributed by atoms with Gasteiger partial charge in [0, 0.05) is 23.2 Å². The van der Waals surface area contributed by atoms with Crippen molar-refractivity contribution in [1.82, 2.24) is 19.9 Å². The molecule has 6 aromatic rings. The highest BCUT2D eigenvalue weighted by Gasteiger charge is 2.16. The van der Waals surface area contributed by atoms with Gasteiger partial charge >= 0.3 is 0 Å². The summed E-state index contributed by atoms with van der Waals surface area (Å²) in [5.74, 6) is 0. The lowest BCUT2D eigenvalue weighted by Gasteiger charge is -1.90. The number of thiophene rings is 2. The van der Waals surface area contributed by atoms with Gasteiger partial charge in [-0.05, 0) is 24.3 Å². The van der Waals surface area contributed by atoms with Crippen LogP contribution in [0.15, 0.2) is 47.4 Å². The fourth-order valence-corrected chi connectivity index (χ4v) is 8.28. The van der Waals surface area contributed by atoms with Crippen LogP contribution in [0.25, 0.3) is 49.2 Å². The highest BCUT2D eigenvalue weighted by Crippen LogP contribution is 2.43. The van der Waals surface area contributed by atoms with Gasteiger partial charge in [-0.15, -0.1) is 45.3 Å². The molecule has 0 aliphatic heterocycles. The first-order chi connectivity index (χ1) is 13.8. The summed E-state index contributed by atoms with van der Waals surface area (Å²) in [6, 6.07) is 8.51. The maximum absolute atomic E-state index is 4.84. The molecule has 4 nitrogen and oxygen atoms in total. The average molecular weight is 473 g/mol. The molecule has 136 valence electrons. The molecule has 10 heteroatoms. The maximum Gasteiger partial charge on any atom is 0.155 e. The van der Waals surface area contributed by atoms with Crippen LogP contribution in [0.3, 0.4) is 0 Å². The Morgan fingerprint density at radius 3 is 1.32 bits per heavy atom. The number of nitrogens with zero attached hydrogens (tertiary/aromatic N) is 4. The Morgan fingerprint density at radius 2 is 0.929 bits per heavy atom. The van der Waals surface area contributed by atoms with Gasteiger partial charge < -0.3 is 0 Å². The third kappa shape index (κ3) is 2.97. The fraction of sp³-hybridized carbons (Fsp3) is 0. The Morgan fingerprint density at radius 1 is 0.500 bits per heavy atom. The Hall–Kier alpha value is -1.82. The lowest BCUT2D eigenvalue weighted by molar-refractivity contribution is 1.43. The van der Waals surface area contributed by atoms with Gasteiger partial charge in [0.25, 0.3) is 0 Å². The Balaban J connectivity index is 1.32. The van der Waals surface area contributed by atoms with Gasteiger partial charge in [0.1, 0.15) is 20.0 Å². The van der Waals surface area contributed by atoms with E-state index >= 15 is 0 Å². The summed E-state index contributed by atoms with van der Waals surface area (Å²) >= 11 is 10.1. The van der Waals surface area contributed by atoms with Crippen molar-refractivity contribution in [2.45, 2.75) is 0 Å². The van der Waals surface area contributed by atoms with E-state index in [2.05, 4.69) is 34.2 Å². The van der Waals surface area contributed by atoms with E-state index in [-0.39, 0.29) is 0 Å². The van der Waals surface area contributed by atoms with Crippen LogP contribution in [0.4, 0.5) is 0 Å². The monoisotopic (exact) mass is 472 g/mol. The molecular weight excluding hydrogens is 465 g/mol. The van der Waals surface area contributed by atoms with Crippen LogP contribution in [-0.4, -0.2) is 19.9 Å². The zero-order valence-electron chi connectivity index (χ0n) is 13.9. The van der Waals surface area contributed by atoms with Crippen LogP contribution >= 0.6 is 68.0 Å². The SMILES string of the molecule is c1csc(-c2ccc(-c3nc4sc(-c5ccc(-c6nccs6)s5)nc4s3)s2)n1. The number of aromatic nitrogens is 4. The first kappa shape index (κ1) is 17.1. The molecule has 6 aromatic heterocycles. The van der Waals surface area contributed by atoms with Crippen molar-refractivity contribution in [1.29, 1.82) is 0 Å². The molecule has 28 heavy (non-hydrogen) atoms. The molecule has 0 N–H and O–H groups in total. The summed E-state index contributed by atoms with van der Waals surface area (Å²) in [6.45, 7) is 0. The molecule has 0 atom stereocenters. The van der Waals surface area contributed by atoms with E-state index in [9.17, 15) is 0 Å². The molecule has 0 aliphatic carbocycles. The topological polar surface area (TPSA) is 51.6 Å². The Bertz CT molecular complexity index is 1230. The van der Waals surface area contributed by atoms with E-state index in [0.29, 0.717) is 0 Å². The van der Waals surface area contributed by atoms with E-state index in [1.54, 1.807) is 68.0 Å². The largest absolute Gasteiger partial charge is 0.244 e. The van der Waals surface area contributed by atoms with Crippen molar-refractivity contribution < 1.29 is 0 Å². The average Bonchev–Trinajstić information content (AvgIpc) is 3.54. The molecule has 0 radical (unpaired) electrons. The number of hydrogen-bond donors (Lipinski definition) is 0.